The smallest absolute Gasteiger partial charge is 0.251 e. The largest absolute Gasteiger partial charge is 0.342 e. The van der Waals surface area contributed by atoms with E-state index in [1.54, 1.807) is 16.8 Å². The van der Waals surface area contributed by atoms with Gasteiger partial charge in [-0.05, 0) is 47.7 Å². The molecule has 6 nitrogen and oxygen atoms in total. The Morgan fingerprint density at radius 1 is 1.17 bits per heavy atom. The van der Waals surface area contributed by atoms with Crippen LogP contribution in [0.4, 0.5) is 0 Å². The summed E-state index contributed by atoms with van der Waals surface area (Å²) in [5.74, 6) is 0.397. The maximum atomic E-state index is 12.3. The molecule has 2 aromatic carbocycles. The first-order valence-corrected chi connectivity index (χ1v) is 7.84. The summed E-state index contributed by atoms with van der Waals surface area (Å²) in [5.41, 5.74) is 1.42. The minimum absolute atomic E-state index is 0.165. The lowest BCUT2D eigenvalue weighted by Crippen LogP contribution is -2.28. The highest BCUT2D eigenvalue weighted by Gasteiger charge is 2.18. The summed E-state index contributed by atoms with van der Waals surface area (Å²) in [6, 6.07) is 16.3. The van der Waals surface area contributed by atoms with Crippen molar-refractivity contribution in [3.63, 3.8) is 0 Å². The van der Waals surface area contributed by atoms with E-state index in [-0.39, 0.29) is 11.9 Å². The molecule has 1 heterocycles. The summed E-state index contributed by atoms with van der Waals surface area (Å²) < 4.78 is 2.54. The number of nitrogens with zero attached hydrogens (tertiary/aromatic N) is 4. The zero-order valence-corrected chi connectivity index (χ0v) is 13.9. The van der Waals surface area contributed by atoms with Crippen LogP contribution in [-0.2, 0) is 0 Å². The molecule has 1 N–H and O–H groups in total. The monoisotopic (exact) mass is 371 g/mol. The minimum Gasteiger partial charge on any atom is -0.342 e. The van der Waals surface area contributed by atoms with Crippen LogP contribution >= 0.6 is 15.9 Å². The maximum Gasteiger partial charge on any atom is 0.251 e. The summed E-state index contributed by atoms with van der Waals surface area (Å²) in [5, 5.41) is 14.7. The Balaban J connectivity index is 1.83. The van der Waals surface area contributed by atoms with Gasteiger partial charge < -0.3 is 5.32 Å². The number of tetrazole rings is 1. The summed E-state index contributed by atoms with van der Waals surface area (Å²) in [4.78, 5) is 12.3. The van der Waals surface area contributed by atoms with E-state index < -0.39 is 0 Å². The number of rotatable bonds is 4. The molecule has 0 saturated heterocycles. The van der Waals surface area contributed by atoms with Crippen LogP contribution in [0.15, 0.2) is 59.1 Å². The third kappa shape index (κ3) is 3.45. The van der Waals surface area contributed by atoms with Gasteiger partial charge in [-0.2, -0.15) is 4.68 Å². The number of carbonyl (C=O) groups is 1. The first kappa shape index (κ1) is 15.4. The molecular weight excluding hydrogens is 358 g/mol. The molecule has 0 spiro atoms. The van der Waals surface area contributed by atoms with Crippen molar-refractivity contribution in [2.24, 2.45) is 0 Å². The molecule has 1 aromatic heterocycles. The number of aromatic nitrogens is 4. The lowest BCUT2D eigenvalue weighted by Gasteiger charge is -2.14. The van der Waals surface area contributed by atoms with Crippen molar-refractivity contribution in [1.29, 1.82) is 0 Å². The Morgan fingerprint density at radius 2 is 1.96 bits per heavy atom. The molecule has 0 saturated carbocycles. The fourth-order valence-electron chi connectivity index (χ4n) is 2.19. The zero-order chi connectivity index (χ0) is 16.2. The first-order chi connectivity index (χ1) is 11.1. The number of halogens is 1. The van der Waals surface area contributed by atoms with Crippen molar-refractivity contribution >= 4 is 21.8 Å². The molecule has 7 heteroatoms. The van der Waals surface area contributed by atoms with Gasteiger partial charge in [0.15, 0.2) is 5.82 Å². The van der Waals surface area contributed by atoms with E-state index >= 15 is 0 Å². The molecule has 1 amide bonds. The Labute approximate surface area is 141 Å². The van der Waals surface area contributed by atoms with Gasteiger partial charge >= 0.3 is 0 Å². The quantitative estimate of drug-likeness (QED) is 0.765. The fraction of sp³-hybridized carbons (Fsp3) is 0.125. The van der Waals surface area contributed by atoms with E-state index in [1.165, 1.54) is 0 Å². The molecule has 23 heavy (non-hydrogen) atoms. The van der Waals surface area contributed by atoms with Crippen LogP contribution in [0.3, 0.4) is 0 Å². The Hall–Kier alpha value is -2.54. The number of hydrogen-bond donors (Lipinski definition) is 1. The summed E-state index contributed by atoms with van der Waals surface area (Å²) >= 11 is 3.43. The van der Waals surface area contributed by atoms with Gasteiger partial charge in [-0.25, -0.2) is 0 Å². The molecule has 0 radical (unpaired) electrons. The van der Waals surface area contributed by atoms with Crippen LogP contribution in [-0.4, -0.2) is 26.1 Å². The number of benzene rings is 2. The molecule has 0 fully saturated rings. The third-order valence-electron chi connectivity index (χ3n) is 3.32. The van der Waals surface area contributed by atoms with Gasteiger partial charge in [-0.3, -0.25) is 4.79 Å². The van der Waals surface area contributed by atoms with Crippen molar-refractivity contribution < 1.29 is 4.79 Å². The van der Waals surface area contributed by atoms with Crippen molar-refractivity contribution in [2.45, 2.75) is 13.0 Å². The third-order valence-corrected chi connectivity index (χ3v) is 3.81. The normalized spacial score (nSPS) is 11.9. The number of amides is 1. The van der Waals surface area contributed by atoms with Crippen molar-refractivity contribution in [3.05, 3.63) is 70.5 Å². The van der Waals surface area contributed by atoms with Crippen LogP contribution in [0.25, 0.3) is 5.69 Å². The highest BCUT2D eigenvalue weighted by Crippen LogP contribution is 2.18. The highest BCUT2D eigenvalue weighted by molar-refractivity contribution is 9.10. The van der Waals surface area contributed by atoms with Gasteiger partial charge in [0.2, 0.25) is 0 Å². The molecule has 116 valence electrons. The van der Waals surface area contributed by atoms with Gasteiger partial charge in [0.25, 0.3) is 5.91 Å². The van der Waals surface area contributed by atoms with Crippen molar-refractivity contribution in [1.82, 2.24) is 25.5 Å². The Bertz CT molecular complexity index is 818. The molecule has 0 bridgehead atoms. The predicted octanol–water partition coefficient (Wildman–Crippen LogP) is 2.92. The predicted molar refractivity (Wildman–Crippen MR) is 89.2 cm³/mol. The molecule has 0 aliphatic carbocycles. The van der Waals surface area contributed by atoms with Crippen LogP contribution in [0.1, 0.15) is 29.1 Å². The summed E-state index contributed by atoms with van der Waals surface area (Å²) in [7, 11) is 0. The van der Waals surface area contributed by atoms with E-state index in [2.05, 4.69) is 36.8 Å². The minimum atomic E-state index is -0.336. The maximum absolute atomic E-state index is 12.3. The lowest BCUT2D eigenvalue weighted by molar-refractivity contribution is 0.0938. The Kier molecular flexibility index (Phi) is 4.47. The Morgan fingerprint density at radius 3 is 2.70 bits per heavy atom. The van der Waals surface area contributed by atoms with Crippen LogP contribution < -0.4 is 5.32 Å². The zero-order valence-electron chi connectivity index (χ0n) is 12.3. The average Bonchev–Trinajstić information content (AvgIpc) is 3.05. The molecular formula is C16H14BrN5O. The number of hydrogen-bond acceptors (Lipinski definition) is 4. The standard InChI is InChI=1S/C16H14BrN5O/c1-11(18-16(23)12-6-3-2-4-7-12)15-19-20-21-22(15)14-9-5-8-13(17)10-14/h2-11H,1H3,(H,18,23). The van der Waals surface area contributed by atoms with E-state index in [4.69, 9.17) is 0 Å². The van der Waals surface area contributed by atoms with Gasteiger partial charge in [-0.1, -0.05) is 40.2 Å². The second kappa shape index (κ2) is 6.70. The summed E-state index contributed by atoms with van der Waals surface area (Å²) in [6.45, 7) is 1.85. The van der Waals surface area contributed by atoms with Gasteiger partial charge in [0, 0.05) is 10.0 Å². The van der Waals surface area contributed by atoms with Crippen LogP contribution in [0, 0.1) is 0 Å². The number of carbonyl (C=O) groups excluding carboxylic acids is 1. The van der Waals surface area contributed by atoms with E-state index in [0.29, 0.717) is 11.4 Å². The van der Waals surface area contributed by atoms with Crippen molar-refractivity contribution in [3.8, 4) is 5.69 Å². The molecule has 0 aliphatic heterocycles. The lowest BCUT2D eigenvalue weighted by atomic mass is 10.2. The van der Waals surface area contributed by atoms with Crippen LogP contribution in [0.5, 0.6) is 0 Å². The molecule has 1 unspecified atom stereocenters. The second-order valence-electron chi connectivity index (χ2n) is 4.99. The van der Waals surface area contributed by atoms with E-state index in [0.717, 1.165) is 10.2 Å². The SMILES string of the molecule is CC(NC(=O)c1ccccc1)c1nnnn1-c1cccc(Br)c1. The molecule has 3 aromatic rings. The van der Waals surface area contributed by atoms with Gasteiger partial charge in [-0.15, -0.1) is 5.10 Å². The topological polar surface area (TPSA) is 72.7 Å². The molecule has 0 aliphatic rings. The average molecular weight is 372 g/mol. The van der Waals surface area contributed by atoms with Crippen LogP contribution in [0.2, 0.25) is 0 Å². The number of nitrogens with one attached hydrogen (secondary N) is 1. The molecule has 1 atom stereocenters. The van der Waals surface area contributed by atoms with Gasteiger partial charge in [0.05, 0.1) is 11.7 Å². The van der Waals surface area contributed by atoms with Gasteiger partial charge in [0.1, 0.15) is 0 Å². The fourth-order valence-corrected chi connectivity index (χ4v) is 2.58. The second-order valence-corrected chi connectivity index (χ2v) is 5.91. The summed E-state index contributed by atoms with van der Waals surface area (Å²) in [6.07, 6.45) is 0. The molecule has 3 rings (SSSR count). The highest BCUT2D eigenvalue weighted by atomic mass is 79.9. The van der Waals surface area contributed by atoms with E-state index in [1.807, 2.05) is 49.4 Å². The van der Waals surface area contributed by atoms with E-state index in [9.17, 15) is 4.79 Å². The first-order valence-electron chi connectivity index (χ1n) is 7.05. The van der Waals surface area contributed by atoms with Crippen molar-refractivity contribution in [2.75, 3.05) is 0 Å².